The molecule has 0 radical (unpaired) electrons. The summed E-state index contributed by atoms with van der Waals surface area (Å²) in [5, 5.41) is 0. The van der Waals surface area contributed by atoms with Gasteiger partial charge in [0.2, 0.25) is 0 Å². The van der Waals surface area contributed by atoms with E-state index in [2.05, 4.69) is 27.7 Å². The summed E-state index contributed by atoms with van der Waals surface area (Å²) in [6, 6.07) is 0. The Morgan fingerprint density at radius 3 is 2.00 bits per heavy atom. The molecule has 0 aromatic heterocycles. The molecule has 0 amide bonds. The van der Waals surface area contributed by atoms with Crippen molar-refractivity contribution in [3.05, 3.63) is 12.3 Å². The first-order chi connectivity index (χ1) is 14.4. The van der Waals surface area contributed by atoms with E-state index in [-0.39, 0.29) is 23.8 Å². The van der Waals surface area contributed by atoms with Crippen molar-refractivity contribution in [3.63, 3.8) is 0 Å². The number of esters is 2. The summed E-state index contributed by atoms with van der Waals surface area (Å²) in [5.74, 6) is 0.306. The number of hydrogen-bond donors (Lipinski definition) is 0. The second kappa shape index (κ2) is 16.4. The molecule has 4 heteroatoms. The van der Waals surface area contributed by atoms with E-state index in [9.17, 15) is 9.59 Å². The largest absolute Gasteiger partial charge is 0.465 e. The molecule has 0 saturated heterocycles. The average Bonchev–Trinajstić information content (AvgIpc) is 2.71. The summed E-state index contributed by atoms with van der Waals surface area (Å²) >= 11 is 0. The molecule has 0 aromatic rings. The third-order valence-corrected chi connectivity index (χ3v) is 5.97. The molecule has 1 aliphatic rings. The predicted molar refractivity (Wildman–Crippen MR) is 123 cm³/mol. The SMILES string of the molecule is CC(C)CCCC/C=C/OC(=O)C1CCCCC1C(=O)OCCCCCCC(C)C. The number of allylic oxidation sites excluding steroid dienone is 1. The van der Waals surface area contributed by atoms with E-state index in [1.165, 1.54) is 38.4 Å². The Labute approximate surface area is 185 Å². The van der Waals surface area contributed by atoms with Crippen LogP contribution in [0, 0.1) is 23.7 Å². The zero-order valence-corrected chi connectivity index (χ0v) is 20.0. The lowest BCUT2D eigenvalue weighted by atomic mass is 9.79. The van der Waals surface area contributed by atoms with Crippen molar-refractivity contribution in [1.82, 2.24) is 0 Å². The lowest BCUT2D eigenvalue weighted by Gasteiger charge is -2.27. The number of rotatable bonds is 15. The molecule has 0 spiro atoms. The monoisotopic (exact) mass is 422 g/mol. The molecule has 0 aliphatic heterocycles. The van der Waals surface area contributed by atoms with Crippen molar-refractivity contribution in [2.24, 2.45) is 23.7 Å². The van der Waals surface area contributed by atoms with Crippen molar-refractivity contribution in [3.8, 4) is 0 Å². The van der Waals surface area contributed by atoms with Crippen molar-refractivity contribution < 1.29 is 19.1 Å². The molecule has 1 rings (SSSR count). The fraction of sp³-hybridized carbons (Fsp3) is 0.846. The van der Waals surface area contributed by atoms with Crippen LogP contribution >= 0.6 is 0 Å². The van der Waals surface area contributed by atoms with Crippen molar-refractivity contribution >= 4 is 11.9 Å². The number of carbonyl (C=O) groups excluding carboxylic acids is 2. The van der Waals surface area contributed by atoms with Gasteiger partial charge in [0.05, 0.1) is 24.7 Å². The van der Waals surface area contributed by atoms with E-state index < -0.39 is 0 Å². The molecule has 0 heterocycles. The van der Waals surface area contributed by atoms with Crippen LogP contribution in [-0.2, 0) is 19.1 Å². The standard InChI is InChI=1S/C26H46O4/c1-21(2)15-9-5-7-13-19-29-25(27)23-17-11-12-18-24(23)26(28)30-20-14-8-6-10-16-22(3)4/h13,19,21-24H,5-12,14-18,20H2,1-4H3/b19-13+. The Hall–Kier alpha value is -1.32. The maximum Gasteiger partial charge on any atom is 0.314 e. The van der Waals surface area contributed by atoms with Gasteiger partial charge in [-0.05, 0) is 50.0 Å². The van der Waals surface area contributed by atoms with Crippen LogP contribution in [0.3, 0.4) is 0 Å². The summed E-state index contributed by atoms with van der Waals surface area (Å²) < 4.78 is 10.9. The maximum absolute atomic E-state index is 12.5. The highest BCUT2D eigenvalue weighted by atomic mass is 16.5. The van der Waals surface area contributed by atoms with Gasteiger partial charge < -0.3 is 9.47 Å². The van der Waals surface area contributed by atoms with Gasteiger partial charge in [0.25, 0.3) is 0 Å². The molecule has 30 heavy (non-hydrogen) atoms. The lowest BCUT2D eigenvalue weighted by Crippen LogP contribution is -2.34. The highest BCUT2D eigenvalue weighted by Crippen LogP contribution is 2.32. The Morgan fingerprint density at radius 1 is 0.800 bits per heavy atom. The summed E-state index contributed by atoms with van der Waals surface area (Å²) in [4.78, 5) is 25.1. The molecule has 0 bridgehead atoms. The minimum Gasteiger partial charge on any atom is -0.465 e. The highest BCUT2D eigenvalue weighted by Gasteiger charge is 2.37. The zero-order valence-electron chi connectivity index (χ0n) is 20.0. The topological polar surface area (TPSA) is 52.6 Å². The number of unbranched alkanes of at least 4 members (excludes halogenated alkanes) is 5. The first kappa shape index (κ1) is 26.7. The first-order valence-electron chi connectivity index (χ1n) is 12.4. The summed E-state index contributed by atoms with van der Waals surface area (Å²) in [6.07, 6.45) is 17.0. The minimum atomic E-state index is -0.358. The molecule has 1 saturated carbocycles. The van der Waals surface area contributed by atoms with Crippen LogP contribution in [0.15, 0.2) is 12.3 Å². The molecular weight excluding hydrogens is 376 g/mol. The third kappa shape index (κ3) is 12.4. The van der Waals surface area contributed by atoms with Crippen LogP contribution in [0.5, 0.6) is 0 Å². The minimum absolute atomic E-state index is 0.212. The van der Waals surface area contributed by atoms with E-state index in [1.54, 1.807) is 0 Å². The van der Waals surface area contributed by atoms with E-state index in [0.29, 0.717) is 6.61 Å². The Balaban J connectivity index is 2.28. The number of ether oxygens (including phenoxy) is 2. The fourth-order valence-corrected chi connectivity index (χ4v) is 4.07. The van der Waals surface area contributed by atoms with Gasteiger partial charge in [0.15, 0.2) is 0 Å². The normalized spacial score (nSPS) is 19.5. The zero-order chi connectivity index (χ0) is 22.2. The Morgan fingerprint density at radius 2 is 1.37 bits per heavy atom. The molecule has 1 fully saturated rings. The number of carbonyl (C=O) groups is 2. The number of hydrogen-bond acceptors (Lipinski definition) is 4. The van der Waals surface area contributed by atoms with Crippen LogP contribution < -0.4 is 0 Å². The summed E-state index contributed by atoms with van der Waals surface area (Å²) in [5.41, 5.74) is 0. The van der Waals surface area contributed by atoms with Crippen molar-refractivity contribution in [2.75, 3.05) is 6.61 Å². The molecule has 0 N–H and O–H groups in total. The molecule has 2 atom stereocenters. The molecule has 2 unspecified atom stereocenters. The second-order valence-corrected chi connectivity index (χ2v) is 9.75. The maximum atomic E-state index is 12.5. The average molecular weight is 423 g/mol. The van der Waals surface area contributed by atoms with Crippen molar-refractivity contribution in [1.29, 1.82) is 0 Å². The van der Waals surface area contributed by atoms with Gasteiger partial charge in [-0.3, -0.25) is 9.59 Å². The van der Waals surface area contributed by atoms with Crippen LogP contribution in [0.4, 0.5) is 0 Å². The van der Waals surface area contributed by atoms with Crippen LogP contribution in [0.1, 0.15) is 111 Å². The van der Waals surface area contributed by atoms with Gasteiger partial charge in [0.1, 0.15) is 0 Å². The first-order valence-corrected chi connectivity index (χ1v) is 12.4. The van der Waals surface area contributed by atoms with E-state index >= 15 is 0 Å². The molecule has 0 aromatic carbocycles. The highest BCUT2D eigenvalue weighted by molar-refractivity contribution is 5.82. The molecule has 4 nitrogen and oxygen atoms in total. The van der Waals surface area contributed by atoms with Crippen LogP contribution in [0.2, 0.25) is 0 Å². The molecule has 1 aliphatic carbocycles. The van der Waals surface area contributed by atoms with Gasteiger partial charge in [-0.15, -0.1) is 0 Å². The second-order valence-electron chi connectivity index (χ2n) is 9.75. The summed E-state index contributed by atoms with van der Waals surface area (Å²) in [6.45, 7) is 9.43. The fourth-order valence-electron chi connectivity index (χ4n) is 4.07. The predicted octanol–water partition coefficient (Wildman–Crippen LogP) is 7.22. The van der Waals surface area contributed by atoms with E-state index in [1.807, 2.05) is 6.08 Å². The third-order valence-electron chi connectivity index (χ3n) is 5.97. The van der Waals surface area contributed by atoms with Gasteiger partial charge in [-0.2, -0.15) is 0 Å². The van der Waals surface area contributed by atoms with E-state index in [4.69, 9.17) is 9.47 Å². The summed E-state index contributed by atoms with van der Waals surface area (Å²) in [7, 11) is 0. The van der Waals surface area contributed by atoms with Crippen molar-refractivity contribution in [2.45, 2.75) is 111 Å². The smallest absolute Gasteiger partial charge is 0.314 e. The van der Waals surface area contributed by atoms with Crippen LogP contribution in [-0.4, -0.2) is 18.5 Å². The molecular formula is C26H46O4. The Kier molecular flexibility index (Phi) is 14.6. The van der Waals surface area contributed by atoms with Gasteiger partial charge in [-0.25, -0.2) is 0 Å². The van der Waals surface area contributed by atoms with E-state index in [0.717, 1.165) is 63.2 Å². The van der Waals surface area contributed by atoms with Gasteiger partial charge in [0, 0.05) is 0 Å². The Bertz CT molecular complexity index is 495. The molecule has 174 valence electrons. The lowest BCUT2D eigenvalue weighted by molar-refractivity contribution is -0.160. The van der Waals surface area contributed by atoms with Crippen LogP contribution in [0.25, 0.3) is 0 Å². The quantitative estimate of drug-likeness (QED) is 0.159. The van der Waals surface area contributed by atoms with Gasteiger partial charge >= 0.3 is 11.9 Å². The van der Waals surface area contributed by atoms with Gasteiger partial charge in [-0.1, -0.05) is 79.1 Å².